The Labute approximate surface area is 145 Å². The van der Waals surface area contributed by atoms with Crippen LogP contribution in [0.2, 0.25) is 0 Å². The van der Waals surface area contributed by atoms with E-state index in [0.29, 0.717) is 17.0 Å². The molecule has 0 spiro atoms. The number of ketones is 1. The molecule has 0 saturated heterocycles. The van der Waals surface area contributed by atoms with E-state index in [1.54, 1.807) is 36.4 Å². The maximum atomic E-state index is 12.2. The van der Waals surface area contributed by atoms with Gasteiger partial charge in [-0.15, -0.1) is 0 Å². The van der Waals surface area contributed by atoms with Crippen molar-refractivity contribution in [3.8, 4) is 5.75 Å². The van der Waals surface area contributed by atoms with Crippen LogP contribution in [0.15, 0.2) is 42.5 Å². The van der Waals surface area contributed by atoms with Crippen molar-refractivity contribution in [3.05, 3.63) is 59.2 Å². The van der Waals surface area contributed by atoms with Crippen molar-refractivity contribution in [1.29, 1.82) is 0 Å². The van der Waals surface area contributed by atoms with Crippen molar-refractivity contribution in [2.45, 2.75) is 13.8 Å². The van der Waals surface area contributed by atoms with Crippen molar-refractivity contribution in [2.24, 2.45) is 0 Å². The van der Waals surface area contributed by atoms with Crippen LogP contribution in [0.25, 0.3) is 0 Å². The van der Waals surface area contributed by atoms with Crippen molar-refractivity contribution in [1.82, 2.24) is 0 Å². The predicted molar refractivity (Wildman–Crippen MR) is 93.1 cm³/mol. The number of nitrogens with one attached hydrogen (secondary N) is 1. The summed E-state index contributed by atoms with van der Waals surface area (Å²) in [6, 6.07) is 11.6. The number of Topliss-reactive ketones (excluding diaryl/α,β-unsaturated/α-hetero) is 1. The molecule has 0 atom stereocenters. The van der Waals surface area contributed by atoms with E-state index in [4.69, 9.17) is 9.47 Å². The van der Waals surface area contributed by atoms with Crippen LogP contribution in [0.4, 0.5) is 5.69 Å². The second kappa shape index (κ2) is 8.10. The summed E-state index contributed by atoms with van der Waals surface area (Å²) in [5.74, 6) is -0.868. The number of hydrogen-bond donors (Lipinski definition) is 1. The van der Waals surface area contributed by atoms with Crippen molar-refractivity contribution in [3.63, 3.8) is 0 Å². The van der Waals surface area contributed by atoms with Crippen molar-refractivity contribution in [2.75, 3.05) is 19.0 Å². The van der Waals surface area contributed by atoms with E-state index < -0.39 is 18.5 Å². The summed E-state index contributed by atoms with van der Waals surface area (Å²) in [6.07, 6.45) is 0. The smallest absolute Gasteiger partial charge is 0.342 e. The van der Waals surface area contributed by atoms with Gasteiger partial charge in [-0.05, 0) is 38.1 Å². The normalized spacial score (nSPS) is 10.0. The van der Waals surface area contributed by atoms with Gasteiger partial charge in [-0.25, -0.2) is 4.79 Å². The lowest BCUT2D eigenvalue weighted by Gasteiger charge is -2.10. The van der Waals surface area contributed by atoms with Crippen LogP contribution in [0.1, 0.15) is 33.2 Å². The molecule has 0 aliphatic carbocycles. The third-order valence-electron chi connectivity index (χ3n) is 3.46. The van der Waals surface area contributed by atoms with Gasteiger partial charge in [0.1, 0.15) is 11.3 Å². The Morgan fingerprint density at radius 2 is 1.84 bits per heavy atom. The number of esters is 1. The monoisotopic (exact) mass is 341 g/mol. The largest absolute Gasteiger partial charge is 0.496 e. The van der Waals surface area contributed by atoms with E-state index in [2.05, 4.69) is 5.32 Å². The molecule has 0 radical (unpaired) electrons. The minimum atomic E-state index is -0.645. The van der Waals surface area contributed by atoms with E-state index >= 15 is 0 Å². The SMILES string of the molecule is COc1ccc(C)cc1C(=O)OCC(=O)Nc1cccc(C(C)=O)c1. The summed E-state index contributed by atoms with van der Waals surface area (Å²) in [5.41, 5.74) is 2.08. The van der Waals surface area contributed by atoms with Crippen molar-refractivity contribution < 1.29 is 23.9 Å². The Balaban J connectivity index is 1.98. The third kappa shape index (κ3) is 4.91. The third-order valence-corrected chi connectivity index (χ3v) is 3.46. The average molecular weight is 341 g/mol. The van der Waals surface area contributed by atoms with Gasteiger partial charge in [-0.1, -0.05) is 23.8 Å². The standard InChI is InChI=1S/C19H19NO5/c1-12-7-8-17(24-3)16(9-12)19(23)25-11-18(22)20-15-6-4-5-14(10-15)13(2)21/h4-10H,11H2,1-3H3,(H,20,22). The molecule has 1 N–H and O–H groups in total. The van der Waals surface area contributed by atoms with Crippen LogP contribution >= 0.6 is 0 Å². The number of carbonyl (C=O) groups is 3. The van der Waals surface area contributed by atoms with Crippen LogP contribution in [-0.4, -0.2) is 31.4 Å². The Morgan fingerprint density at radius 3 is 2.52 bits per heavy atom. The first-order valence-corrected chi connectivity index (χ1v) is 7.63. The maximum absolute atomic E-state index is 12.2. The number of benzene rings is 2. The second-order valence-electron chi connectivity index (χ2n) is 5.47. The number of amides is 1. The maximum Gasteiger partial charge on any atom is 0.342 e. The first-order valence-electron chi connectivity index (χ1n) is 7.63. The fourth-order valence-electron chi connectivity index (χ4n) is 2.20. The van der Waals surface area contributed by atoms with Gasteiger partial charge in [0.15, 0.2) is 12.4 Å². The molecule has 1 amide bonds. The van der Waals surface area contributed by atoms with Gasteiger partial charge in [-0.2, -0.15) is 0 Å². The van der Waals surface area contributed by atoms with Gasteiger partial charge >= 0.3 is 5.97 Å². The lowest BCUT2D eigenvalue weighted by Crippen LogP contribution is -2.21. The molecule has 6 nitrogen and oxygen atoms in total. The molecular formula is C19H19NO5. The van der Waals surface area contributed by atoms with Crippen LogP contribution < -0.4 is 10.1 Å². The molecular weight excluding hydrogens is 322 g/mol. The van der Waals surface area contributed by atoms with Gasteiger partial charge in [0, 0.05) is 11.3 Å². The number of anilines is 1. The molecule has 0 aliphatic heterocycles. The van der Waals surface area contributed by atoms with Crippen molar-refractivity contribution >= 4 is 23.3 Å². The highest BCUT2D eigenvalue weighted by molar-refractivity contribution is 5.99. The molecule has 2 aromatic rings. The molecule has 6 heteroatoms. The van der Waals surface area contributed by atoms with Gasteiger partial charge < -0.3 is 14.8 Å². The molecule has 25 heavy (non-hydrogen) atoms. The highest BCUT2D eigenvalue weighted by Crippen LogP contribution is 2.20. The number of aryl methyl sites for hydroxylation is 1. The fourth-order valence-corrected chi connectivity index (χ4v) is 2.20. The van der Waals surface area contributed by atoms with Crippen LogP contribution in [0.5, 0.6) is 5.75 Å². The highest BCUT2D eigenvalue weighted by Gasteiger charge is 2.15. The molecule has 0 aliphatic rings. The lowest BCUT2D eigenvalue weighted by atomic mass is 10.1. The molecule has 2 aromatic carbocycles. The molecule has 0 unspecified atom stereocenters. The highest BCUT2D eigenvalue weighted by atomic mass is 16.5. The van der Waals surface area contributed by atoms with E-state index in [1.807, 2.05) is 13.0 Å². The summed E-state index contributed by atoms with van der Waals surface area (Å²) in [4.78, 5) is 35.4. The van der Waals surface area contributed by atoms with E-state index in [0.717, 1.165) is 5.56 Å². The zero-order valence-corrected chi connectivity index (χ0v) is 14.3. The predicted octanol–water partition coefficient (Wildman–Crippen LogP) is 3.00. The molecule has 2 rings (SSSR count). The summed E-state index contributed by atoms with van der Waals surface area (Å²) in [7, 11) is 1.45. The number of hydrogen-bond acceptors (Lipinski definition) is 5. The van der Waals surface area contributed by atoms with Gasteiger partial charge in [0.25, 0.3) is 5.91 Å². The van der Waals surface area contributed by atoms with Crippen LogP contribution in [0.3, 0.4) is 0 Å². The fraction of sp³-hybridized carbons (Fsp3) is 0.211. The number of ether oxygens (including phenoxy) is 2. The van der Waals surface area contributed by atoms with E-state index in [-0.39, 0.29) is 11.3 Å². The Bertz CT molecular complexity index is 813. The lowest BCUT2D eigenvalue weighted by molar-refractivity contribution is -0.119. The summed E-state index contributed by atoms with van der Waals surface area (Å²) < 4.78 is 10.2. The summed E-state index contributed by atoms with van der Waals surface area (Å²) >= 11 is 0. The molecule has 0 saturated carbocycles. The Kier molecular flexibility index (Phi) is 5.89. The summed E-state index contributed by atoms with van der Waals surface area (Å²) in [5, 5.41) is 2.58. The molecule has 130 valence electrons. The number of rotatable bonds is 6. The number of methoxy groups -OCH3 is 1. The van der Waals surface area contributed by atoms with Gasteiger partial charge in [-0.3, -0.25) is 9.59 Å². The summed E-state index contributed by atoms with van der Waals surface area (Å²) in [6.45, 7) is 2.84. The quantitative estimate of drug-likeness (QED) is 0.645. The van der Waals surface area contributed by atoms with Crippen LogP contribution in [-0.2, 0) is 9.53 Å². The second-order valence-corrected chi connectivity index (χ2v) is 5.47. The van der Waals surface area contributed by atoms with Gasteiger partial charge in [0.2, 0.25) is 0 Å². The van der Waals surface area contributed by atoms with Gasteiger partial charge in [0.05, 0.1) is 7.11 Å². The topological polar surface area (TPSA) is 81.7 Å². The zero-order valence-electron chi connectivity index (χ0n) is 14.3. The molecule has 0 aromatic heterocycles. The Hall–Kier alpha value is -3.15. The minimum Gasteiger partial charge on any atom is -0.496 e. The molecule has 0 bridgehead atoms. The molecule has 0 fully saturated rings. The average Bonchev–Trinajstić information content (AvgIpc) is 2.59. The number of carbonyl (C=O) groups excluding carboxylic acids is 3. The van der Waals surface area contributed by atoms with E-state index in [1.165, 1.54) is 14.0 Å². The zero-order chi connectivity index (χ0) is 18.4. The molecule has 0 heterocycles. The minimum absolute atomic E-state index is 0.103. The van der Waals surface area contributed by atoms with Crippen LogP contribution in [0, 0.1) is 6.92 Å². The first-order chi connectivity index (χ1) is 11.9. The van der Waals surface area contributed by atoms with E-state index in [9.17, 15) is 14.4 Å². The Morgan fingerprint density at radius 1 is 1.08 bits per heavy atom. The first kappa shape index (κ1) is 18.2.